The lowest BCUT2D eigenvalue weighted by Crippen LogP contribution is -2.28. The van der Waals surface area contributed by atoms with Crippen LogP contribution < -0.4 is 0 Å². The molecule has 0 amide bonds. The lowest BCUT2D eigenvalue weighted by atomic mass is 9.87. The third kappa shape index (κ3) is 13.9. The Morgan fingerprint density at radius 3 is 2.27 bits per heavy atom. The van der Waals surface area contributed by atoms with E-state index in [2.05, 4.69) is 13.0 Å². The number of allylic oxidation sites excluding steroid dienone is 3. The zero-order chi connectivity index (χ0) is 24.5. The summed E-state index contributed by atoms with van der Waals surface area (Å²) >= 11 is 0. The highest BCUT2D eigenvalue weighted by Gasteiger charge is 2.33. The Kier molecular flexibility index (Phi) is 15.2. The van der Waals surface area contributed by atoms with Crippen molar-refractivity contribution >= 4 is 17.9 Å². The van der Waals surface area contributed by atoms with Crippen molar-refractivity contribution in [3.05, 3.63) is 24.3 Å². The van der Waals surface area contributed by atoms with E-state index in [0.717, 1.165) is 38.5 Å². The van der Waals surface area contributed by atoms with Crippen LogP contribution in [0.2, 0.25) is 0 Å². The molecule has 4 unspecified atom stereocenters. The molecule has 33 heavy (non-hydrogen) atoms. The molecule has 1 aliphatic rings. The molecular formula is C27H44O6. The topological polar surface area (TPSA) is 89.9 Å². The maximum absolute atomic E-state index is 11.6. The van der Waals surface area contributed by atoms with Gasteiger partial charge in [0.25, 0.3) is 0 Å². The summed E-state index contributed by atoms with van der Waals surface area (Å²) in [5, 5.41) is 8.91. The number of carboxylic acids is 1. The summed E-state index contributed by atoms with van der Waals surface area (Å²) in [5.41, 5.74) is 0. The monoisotopic (exact) mass is 464 g/mol. The Hall–Kier alpha value is -2.11. The Morgan fingerprint density at radius 1 is 0.909 bits per heavy atom. The van der Waals surface area contributed by atoms with E-state index in [4.69, 9.17) is 14.6 Å². The fourth-order valence-electron chi connectivity index (χ4n) is 4.67. The smallest absolute Gasteiger partial charge is 0.303 e. The van der Waals surface area contributed by atoms with E-state index in [9.17, 15) is 14.4 Å². The van der Waals surface area contributed by atoms with E-state index in [0.29, 0.717) is 12.8 Å². The summed E-state index contributed by atoms with van der Waals surface area (Å²) in [7, 11) is 0. The van der Waals surface area contributed by atoms with Crippen LogP contribution in [0.4, 0.5) is 0 Å². The van der Waals surface area contributed by atoms with Crippen LogP contribution in [-0.4, -0.2) is 35.2 Å². The summed E-state index contributed by atoms with van der Waals surface area (Å²) in [6.07, 6.45) is 19.9. The first-order chi connectivity index (χ1) is 15.8. The number of carboxylic acid groups (broad SMARTS) is 1. The zero-order valence-electron chi connectivity index (χ0n) is 20.8. The van der Waals surface area contributed by atoms with Crippen LogP contribution in [0.25, 0.3) is 0 Å². The first-order valence-corrected chi connectivity index (χ1v) is 12.7. The molecule has 0 radical (unpaired) electrons. The highest BCUT2D eigenvalue weighted by atomic mass is 16.5. The molecule has 0 spiro atoms. The van der Waals surface area contributed by atoms with Gasteiger partial charge in [-0.3, -0.25) is 14.4 Å². The molecule has 4 atom stereocenters. The minimum atomic E-state index is -0.826. The molecule has 0 saturated heterocycles. The van der Waals surface area contributed by atoms with Gasteiger partial charge < -0.3 is 14.6 Å². The van der Waals surface area contributed by atoms with Gasteiger partial charge in [0, 0.05) is 26.2 Å². The number of carbonyl (C=O) groups excluding carboxylic acids is 2. The highest BCUT2D eigenvalue weighted by Crippen LogP contribution is 2.38. The highest BCUT2D eigenvalue weighted by molar-refractivity contribution is 5.67. The van der Waals surface area contributed by atoms with E-state index in [-0.39, 0.29) is 42.4 Å². The molecule has 1 aliphatic carbocycles. The second kappa shape index (κ2) is 17.4. The molecule has 1 saturated carbocycles. The summed E-state index contributed by atoms with van der Waals surface area (Å²) in [5.74, 6) is -0.910. The van der Waals surface area contributed by atoms with Gasteiger partial charge in [-0.15, -0.1) is 0 Å². The largest absolute Gasteiger partial charge is 0.481 e. The Bertz CT molecular complexity index is 639. The third-order valence-electron chi connectivity index (χ3n) is 6.25. The average molecular weight is 465 g/mol. The number of esters is 2. The van der Waals surface area contributed by atoms with Gasteiger partial charge in [-0.1, -0.05) is 63.7 Å². The van der Waals surface area contributed by atoms with Gasteiger partial charge in [0.15, 0.2) is 0 Å². The van der Waals surface area contributed by atoms with Gasteiger partial charge in [0.05, 0.1) is 0 Å². The molecule has 6 nitrogen and oxygen atoms in total. The van der Waals surface area contributed by atoms with Crippen molar-refractivity contribution in [3.8, 4) is 0 Å². The molecule has 6 heteroatoms. The molecule has 0 heterocycles. The van der Waals surface area contributed by atoms with E-state index >= 15 is 0 Å². The number of hydrogen-bond donors (Lipinski definition) is 1. The Balaban J connectivity index is 2.62. The molecule has 1 fully saturated rings. The summed E-state index contributed by atoms with van der Waals surface area (Å²) < 4.78 is 11.0. The van der Waals surface area contributed by atoms with Gasteiger partial charge >= 0.3 is 17.9 Å². The standard InChI is InChI=1S/C27H44O6/c1-4-5-6-7-8-9-16-24(32-21(2)28)17-11-10-14-23-15-12-18-25(23)26(33-22(3)29)19-13-20-27(30)31/h10-11,14,17,23-26H,4-9,12-13,15-16,18-20H2,1-3H3,(H,30,31). The summed E-state index contributed by atoms with van der Waals surface area (Å²) in [4.78, 5) is 33.9. The average Bonchev–Trinajstić information content (AvgIpc) is 3.20. The number of rotatable bonds is 17. The van der Waals surface area contributed by atoms with Crippen molar-refractivity contribution in [2.75, 3.05) is 0 Å². The maximum atomic E-state index is 11.6. The van der Waals surface area contributed by atoms with Gasteiger partial charge in [-0.2, -0.15) is 0 Å². The van der Waals surface area contributed by atoms with Crippen molar-refractivity contribution in [3.63, 3.8) is 0 Å². The quantitative estimate of drug-likeness (QED) is 0.152. The Morgan fingerprint density at radius 2 is 1.61 bits per heavy atom. The lowest BCUT2D eigenvalue weighted by Gasteiger charge is -2.27. The van der Waals surface area contributed by atoms with Crippen LogP contribution in [0.3, 0.4) is 0 Å². The van der Waals surface area contributed by atoms with Gasteiger partial charge in [-0.25, -0.2) is 0 Å². The van der Waals surface area contributed by atoms with Crippen LogP contribution >= 0.6 is 0 Å². The Labute approximate surface area is 199 Å². The molecule has 0 aromatic heterocycles. The molecule has 0 aliphatic heterocycles. The number of aliphatic carboxylic acids is 1. The summed E-state index contributed by atoms with van der Waals surface area (Å²) in [6.45, 7) is 5.06. The van der Waals surface area contributed by atoms with Crippen LogP contribution in [0.1, 0.15) is 104 Å². The molecular weight excluding hydrogens is 420 g/mol. The van der Waals surface area contributed by atoms with Crippen molar-refractivity contribution in [1.82, 2.24) is 0 Å². The number of carbonyl (C=O) groups is 3. The lowest BCUT2D eigenvalue weighted by molar-refractivity contribution is -0.150. The molecule has 0 bridgehead atoms. The molecule has 0 aromatic carbocycles. The molecule has 188 valence electrons. The molecule has 0 aromatic rings. The zero-order valence-corrected chi connectivity index (χ0v) is 20.8. The first-order valence-electron chi connectivity index (χ1n) is 12.7. The van der Waals surface area contributed by atoms with E-state index in [1.165, 1.54) is 39.5 Å². The minimum absolute atomic E-state index is 0.0872. The summed E-state index contributed by atoms with van der Waals surface area (Å²) in [6, 6.07) is 0. The second-order valence-electron chi connectivity index (χ2n) is 9.17. The van der Waals surface area contributed by atoms with E-state index in [1.54, 1.807) is 0 Å². The predicted molar refractivity (Wildman–Crippen MR) is 130 cm³/mol. The number of hydrogen-bond acceptors (Lipinski definition) is 5. The van der Waals surface area contributed by atoms with Crippen molar-refractivity contribution in [2.24, 2.45) is 11.8 Å². The first kappa shape index (κ1) is 28.9. The van der Waals surface area contributed by atoms with Gasteiger partial charge in [0.2, 0.25) is 0 Å². The predicted octanol–water partition coefficient (Wildman–Crippen LogP) is 6.38. The van der Waals surface area contributed by atoms with Crippen molar-refractivity contribution in [2.45, 2.75) is 116 Å². The van der Waals surface area contributed by atoms with E-state index in [1.807, 2.05) is 18.2 Å². The SMILES string of the molecule is CCCCCCCCC(C=CC=CC1CCCC1C(CCCC(=O)O)OC(C)=O)OC(C)=O. The van der Waals surface area contributed by atoms with Gasteiger partial charge in [0.1, 0.15) is 12.2 Å². The third-order valence-corrected chi connectivity index (χ3v) is 6.25. The fraction of sp³-hybridized carbons (Fsp3) is 0.741. The van der Waals surface area contributed by atoms with Crippen molar-refractivity contribution in [1.29, 1.82) is 0 Å². The molecule has 1 rings (SSSR count). The van der Waals surface area contributed by atoms with Crippen molar-refractivity contribution < 1.29 is 29.0 Å². The maximum Gasteiger partial charge on any atom is 0.303 e. The number of ether oxygens (including phenoxy) is 2. The van der Waals surface area contributed by atoms with Crippen LogP contribution in [0, 0.1) is 11.8 Å². The van der Waals surface area contributed by atoms with Gasteiger partial charge in [-0.05, 0) is 50.5 Å². The van der Waals surface area contributed by atoms with Crippen LogP contribution in [-0.2, 0) is 23.9 Å². The fourth-order valence-corrected chi connectivity index (χ4v) is 4.67. The second-order valence-corrected chi connectivity index (χ2v) is 9.17. The normalized spacial score (nSPS) is 20.2. The minimum Gasteiger partial charge on any atom is -0.481 e. The van der Waals surface area contributed by atoms with Crippen LogP contribution in [0.15, 0.2) is 24.3 Å². The van der Waals surface area contributed by atoms with Crippen LogP contribution in [0.5, 0.6) is 0 Å². The van der Waals surface area contributed by atoms with E-state index < -0.39 is 5.97 Å². The molecule has 1 N–H and O–H groups in total. The number of unbranched alkanes of at least 4 members (excludes halogenated alkanes) is 5.